The molecule has 0 saturated heterocycles. The summed E-state index contributed by atoms with van der Waals surface area (Å²) in [5, 5.41) is 7.58. The van der Waals surface area contributed by atoms with Crippen LogP contribution in [-0.2, 0) is 0 Å². The van der Waals surface area contributed by atoms with Gasteiger partial charge in [0.25, 0.3) is 0 Å². The summed E-state index contributed by atoms with van der Waals surface area (Å²) >= 11 is 1.86. The van der Waals surface area contributed by atoms with Crippen molar-refractivity contribution in [2.24, 2.45) is 0 Å². The third kappa shape index (κ3) is 5.93. The first kappa shape index (κ1) is 35.2. The summed E-state index contributed by atoms with van der Waals surface area (Å²) in [6, 6.07) is 84.2. The summed E-state index contributed by atoms with van der Waals surface area (Å²) in [4.78, 5) is 2.43. The Morgan fingerprint density at radius 1 is 0.344 bits per heavy atom. The van der Waals surface area contributed by atoms with E-state index in [0.29, 0.717) is 0 Å². The van der Waals surface area contributed by atoms with E-state index in [1.807, 2.05) is 11.3 Å². The number of hydrogen-bond donors (Lipinski definition) is 0. The number of fused-ring (bicyclic) bond motifs is 7. The van der Waals surface area contributed by atoms with E-state index in [0.717, 1.165) is 11.4 Å². The van der Waals surface area contributed by atoms with Crippen molar-refractivity contribution < 1.29 is 0 Å². The molecule has 2 aromatic heterocycles. The number of para-hydroxylation sites is 3. The number of aromatic nitrogens is 1. The number of anilines is 3. The molecule has 61 heavy (non-hydrogen) atoms. The van der Waals surface area contributed by atoms with E-state index in [4.69, 9.17) is 0 Å². The monoisotopic (exact) mass is 794 g/mol. The summed E-state index contributed by atoms with van der Waals surface area (Å²) in [5.74, 6) is 0. The molecule has 0 saturated carbocycles. The molecule has 0 amide bonds. The van der Waals surface area contributed by atoms with Gasteiger partial charge in [0.15, 0.2) is 0 Å². The van der Waals surface area contributed by atoms with Crippen LogP contribution < -0.4 is 4.90 Å². The van der Waals surface area contributed by atoms with Crippen LogP contribution in [-0.4, -0.2) is 4.57 Å². The van der Waals surface area contributed by atoms with Crippen molar-refractivity contribution in [2.45, 2.75) is 0 Å². The van der Waals surface area contributed by atoms with Crippen molar-refractivity contribution in [2.75, 3.05) is 4.90 Å². The number of thiophene rings is 1. The topological polar surface area (TPSA) is 8.17 Å². The van der Waals surface area contributed by atoms with E-state index in [-0.39, 0.29) is 0 Å². The molecule has 0 atom stereocenters. The van der Waals surface area contributed by atoms with E-state index in [9.17, 15) is 0 Å². The van der Waals surface area contributed by atoms with E-state index >= 15 is 0 Å². The minimum absolute atomic E-state index is 1.10. The normalized spacial score (nSPS) is 11.6. The Hall–Kier alpha value is -7.72. The standard InChI is InChI=1S/C58H38N2S/c1-2-15-42-38-43(29-28-39(42)14-1)40-30-34-44(35-31-40)59(55-25-13-27-57-58(55)51-21-8-12-26-56(51)61-57)45-36-32-41(33-37-45)46-16-3-4-17-47(46)48-18-5-9-22-52(48)60-53-23-10-6-19-49(53)50-20-7-11-24-54(50)60/h1-38H. The van der Waals surface area contributed by atoms with E-state index in [1.165, 1.54) is 97.5 Å². The molecule has 0 spiro atoms. The fourth-order valence-electron chi connectivity index (χ4n) is 9.38. The van der Waals surface area contributed by atoms with Crippen LogP contribution in [0.3, 0.4) is 0 Å². The SMILES string of the molecule is c1ccc(-c2ccccc2-n2c3ccccc3c3ccccc32)c(-c2ccc(N(c3ccc(-c4ccc5ccccc5c4)cc3)c3cccc4sc5ccccc5c34)cc2)c1. The fraction of sp³-hybridized carbons (Fsp3) is 0. The second kappa shape index (κ2) is 14.5. The Kier molecular flexibility index (Phi) is 8.39. The molecule has 0 aliphatic rings. The highest BCUT2D eigenvalue weighted by molar-refractivity contribution is 7.26. The van der Waals surface area contributed by atoms with Crippen LogP contribution in [0, 0.1) is 0 Å². The zero-order valence-corrected chi connectivity index (χ0v) is 34.1. The van der Waals surface area contributed by atoms with Crippen LogP contribution in [0.25, 0.3) is 91.8 Å². The third-order valence-corrected chi connectivity index (χ3v) is 13.3. The molecule has 0 aliphatic heterocycles. The van der Waals surface area contributed by atoms with Crippen molar-refractivity contribution in [3.8, 4) is 39.1 Å². The largest absolute Gasteiger partial charge is 0.310 e. The van der Waals surface area contributed by atoms with Gasteiger partial charge in [0.1, 0.15) is 0 Å². The smallest absolute Gasteiger partial charge is 0.0554 e. The van der Waals surface area contributed by atoms with Gasteiger partial charge in [0, 0.05) is 47.9 Å². The van der Waals surface area contributed by atoms with Gasteiger partial charge in [-0.25, -0.2) is 0 Å². The molecule has 2 nitrogen and oxygen atoms in total. The third-order valence-electron chi connectivity index (χ3n) is 12.2. The Balaban J connectivity index is 0.983. The lowest BCUT2D eigenvalue weighted by Gasteiger charge is -2.27. The number of benzene rings is 10. The molecular formula is C58H38N2S. The summed E-state index contributed by atoms with van der Waals surface area (Å²) in [6.07, 6.45) is 0. The molecule has 0 unspecified atom stereocenters. The molecule has 0 fully saturated rings. The Labute approximate surface area is 358 Å². The van der Waals surface area contributed by atoms with Gasteiger partial charge >= 0.3 is 0 Å². The van der Waals surface area contributed by atoms with Crippen LogP contribution in [0.1, 0.15) is 0 Å². The molecule has 286 valence electrons. The van der Waals surface area contributed by atoms with Crippen molar-refractivity contribution in [1.29, 1.82) is 0 Å². The highest BCUT2D eigenvalue weighted by Crippen LogP contribution is 2.46. The summed E-state index contributed by atoms with van der Waals surface area (Å²) in [7, 11) is 0. The second-order valence-corrected chi connectivity index (χ2v) is 16.8. The molecule has 2 heterocycles. The first-order valence-electron chi connectivity index (χ1n) is 20.8. The first-order valence-corrected chi connectivity index (χ1v) is 21.7. The highest BCUT2D eigenvalue weighted by Gasteiger charge is 2.20. The van der Waals surface area contributed by atoms with Crippen LogP contribution in [0.5, 0.6) is 0 Å². The lowest BCUT2D eigenvalue weighted by Crippen LogP contribution is -2.10. The van der Waals surface area contributed by atoms with E-state index in [1.54, 1.807) is 0 Å². The molecular weight excluding hydrogens is 757 g/mol. The maximum absolute atomic E-state index is 2.43. The molecule has 0 N–H and O–H groups in total. The van der Waals surface area contributed by atoms with Crippen molar-refractivity contribution >= 4 is 81.1 Å². The van der Waals surface area contributed by atoms with Crippen molar-refractivity contribution in [3.63, 3.8) is 0 Å². The molecule has 3 heteroatoms. The summed E-state index contributed by atoms with van der Waals surface area (Å²) in [5.41, 5.74) is 14.1. The predicted octanol–water partition coefficient (Wildman–Crippen LogP) is 16.8. The van der Waals surface area contributed by atoms with Gasteiger partial charge in [-0.2, -0.15) is 0 Å². The number of hydrogen-bond acceptors (Lipinski definition) is 2. The first-order chi connectivity index (χ1) is 30.3. The Bertz CT molecular complexity index is 3540. The van der Waals surface area contributed by atoms with E-state index < -0.39 is 0 Å². The maximum Gasteiger partial charge on any atom is 0.0554 e. The molecule has 0 radical (unpaired) electrons. The van der Waals surface area contributed by atoms with Gasteiger partial charge in [-0.3, -0.25) is 0 Å². The molecule has 0 aliphatic carbocycles. The molecule has 12 aromatic rings. The van der Waals surface area contributed by atoms with Crippen LogP contribution in [0.2, 0.25) is 0 Å². The predicted molar refractivity (Wildman–Crippen MR) is 262 cm³/mol. The van der Waals surface area contributed by atoms with Crippen LogP contribution in [0.4, 0.5) is 17.1 Å². The Morgan fingerprint density at radius 2 is 0.885 bits per heavy atom. The van der Waals surface area contributed by atoms with Crippen molar-refractivity contribution in [1.82, 2.24) is 4.57 Å². The average Bonchev–Trinajstić information content (AvgIpc) is 3.88. The van der Waals surface area contributed by atoms with Crippen LogP contribution in [0.15, 0.2) is 231 Å². The maximum atomic E-state index is 2.43. The molecule has 10 aromatic carbocycles. The molecule has 12 rings (SSSR count). The van der Waals surface area contributed by atoms with Gasteiger partial charge in [-0.1, -0.05) is 164 Å². The summed E-state index contributed by atoms with van der Waals surface area (Å²) < 4.78 is 5.01. The van der Waals surface area contributed by atoms with Gasteiger partial charge < -0.3 is 9.47 Å². The quantitative estimate of drug-likeness (QED) is 0.156. The number of rotatable bonds is 7. The fourth-order valence-corrected chi connectivity index (χ4v) is 10.5. The minimum Gasteiger partial charge on any atom is -0.310 e. The summed E-state index contributed by atoms with van der Waals surface area (Å²) in [6.45, 7) is 0. The lowest BCUT2D eigenvalue weighted by molar-refractivity contribution is 1.18. The lowest BCUT2D eigenvalue weighted by atomic mass is 9.93. The van der Waals surface area contributed by atoms with E-state index in [2.05, 4.69) is 240 Å². The highest BCUT2D eigenvalue weighted by atomic mass is 32.1. The minimum atomic E-state index is 1.10. The van der Waals surface area contributed by atoms with Gasteiger partial charge in [0.05, 0.1) is 22.4 Å². The number of nitrogens with zero attached hydrogens (tertiary/aromatic N) is 2. The zero-order valence-electron chi connectivity index (χ0n) is 33.2. The Morgan fingerprint density at radius 3 is 1.62 bits per heavy atom. The van der Waals surface area contributed by atoms with Gasteiger partial charge in [-0.15, -0.1) is 11.3 Å². The molecule has 0 bridgehead atoms. The van der Waals surface area contributed by atoms with Gasteiger partial charge in [-0.05, 0) is 105 Å². The van der Waals surface area contributed by atoms with Crippen LogP contribution >= 0.6 is 11.3 Å². The second-order valence-electron chi connectivity index (χ2n) is 15.7. The zero-order chi connectivity index (χ0) is 40.3. The van der Waals surface area contributed by atoms with Crippen molar-refractivity contribution in [3.05, 3.63) is 231 Å². The average molecular weight is 795 g/mol. The van der Waals surface area contributed by atoms with Gasteiger partial charge in [0.2, 0.25) is 0 Å².